The lowest BCUT2D eigenvalue weighted by molar-refractivity contribution is 0.138. The van der Waals surface area contributed by atoms with Crippen LogP contribution >= 0.6 is 15.9 Å². The molecule has 0 aliphatic rings. The summed E-state index contributed by atoms with van der Waals surface area (Å²) < 4.78 is 6.01. The van der Waals surface area contributed by atoms with Crippen LogP contribution in [0.15, 0.2) is 41.3 Å². The number of halogens is 1. The average molecular weight is 310 g/mol. The number of carbonyl (C=O) groups excluding carboxylic acids is 1. The van der Waals surface area contributed by atoms with Crippen molar-refractivity contribution in [2.24, 2.45) is 0 Å². The Balaban J connectivity index is 1.73. The zero-order valence-electron chi connectivity index (χ0n) is 9.52. The van der Waals surface area contributed by atoms with Crippen molar-refractivity contribution in [1.29, 1.82) is 0 Å². The number of benzene rings is 1. The van der Waals surface area contributed by atoms with Crippen LogP contribution in [0.5, 0.6) is 0 Å². The Labute approximate surface area is 113 Å². The molecule has 0 aliphatic carbocycles. The second-order valence-electron chi connectivity index (χ2n) is 3.63. The molecule has 1 heterocycles. The van der Waals surface area contributed by atoms with Crippen LogP contribution in [-0.4, -0.2) is 16.1 Å². The summed E-state index contributed by atoms with van der Waals surface area (Å²) in [7, 11) is 0. The zero-order valence-corrected chi connectivity index (χ0v) is 11.1. The molecule has 0 saturated carbocycles. The van der Waals surface area contributed by atoms with Crippen molar-refractivity contribution in [2.45, 2.75) is 13.2 Å². The van der Waals surface area contributed by atoms with Gasteiger partial charge in [0, 0.05) is 11.0 Å². The van der Waals surface area contributed by atoms with E-state index in [9.17, 15) is 4.79 Å². The summed E-state index contributed by atoms with van der Waals surface area (Å²) in [6.45, 7) is 0.626. The highest BCUT2D eigenvalue weighted by Gasteiger charge is 2.03. The van der Waals surface area contributed by atoms with Gasteiger partial charge in [-0.05, 0) is 17.7 Å². The molecule has 0 unspecified atom stereocenters. The highest BCUT2D eigenvalue weighted by Crippen LogP contribution is 2.10. The second-order valence-corrected chi connectivity index (χ2v) is 4.55. The Kier molecular flexibility index (Phi) is 4.35. The number of hydrogen-bond donors (Lipinski definition) is 2. The minimum absolute atomic E-state index is 0.187. The number of carbonyl (C=O) groups is 1. The predicted molar refractivity (Wildman–Crippen MR) is 69.8 cm³/mol. The molecule has 0 spiro atoms. The molecular formula is C12H12BrN3O2. The van der Waals surface area contributed by atoms with Gasteiger partial charge in [-0.15, -0.1) is 0 Å². The number of nitrogens with zero attached hydrogens (tertiary/aromatic N) is 1. The van der Waals surface area contributed by atoms with Crippen LogP contribution in [0.2, 0.25) is 0 Å². The van der Waals surface area contributed by atoms with Gasteiger partial charge in [0.05, 0.1) is 18.2 Å². The third-order valence-electron chi connectivity index (χ3n) is 2.26. The topological polar surface area (TPSA) is 67.0 Å². The highest BCUT2D eigenvalue weighted by atomic mass is 79.9. The van der Waals surface area contributed by atoms with Crippen LogP contribution in [-0.2, 0) is 17.9 Å². The first kappa shape index (κ1) is 12.6. The van der Waals surface area contributed by atoms with Gasteiger partial charge < -0.3 is 15.0 Å². The SMILES string of the molecule is O=C(NCc1ccc(Br)cc1)OCc1cnc[nH]1. The number of hydrogen-bond acceptors (Lipinski definition) is 3. The molecule has 1 amide bonds. The van der Waals surface area contributed by atoms with E-state index in [1.807, 2.05) is 24.3 Å². The van der Waals surface area contributed by atoms with Gasteiger partial charge in [-0.3, -0.25) is 0 Å². The average Bonchev–Trinajstić information content (AvgIpc) is 2.89. The maximum Gasteiger partial charge on any atom is 0.407 e. The summed E-state index contributed by atoms with van der Waals surface area (Å²) in [4.78, 5) is 18.1. The second kappa shape index (κ2) is 6.20. The van der Waals surface area contributed by atoms with Crippen molar-refractivity contribution >= 4 is 22.0 Å². The van der Waals surface area contributed by atoms with Gasteiger partial charge in [0.15, 0.2) is 0 Å². The van der Waals surface area contributed by atoms with Crippen LogP contribution in [0.25, 0.3) is 0 Å². The van der Waals surface area contributed by atoms with E-state index < -0.39 is 6.09 Å². The molecule has 94 valence electrons. The minimum atomic E-state index is -0.451. The molecule has 0 saturated heterocycles. The van der Waals surface area contributed by atoms with Crippen molar-refractivity contribution in [3.05, 3.63) is 52.5 Å². The van der Waals surface area contributed by atoms with Gasteiger partial charge in [0.2, 0.25) is 0 Å². The van der Waals surface area contributed by atoms with Crippen molar-refractivity contribution in [3.8, 4) is 0 Å². The lowest BCUT2D eigenvalue weighted by atomic mass is 10.2. The maximum absolute atomic E-state index is 11.4. The highest BCUT2D eigenvalue weighted by molar-refractivity contribution is 9.10. The molecule has 0 radical (unpaired) electrons. The van der Waals surface area contributed by atoms with E-state index in [0.717, 1.165) is 15.7 Å². The predicted octanol–water partition coefficient (Wildman–Crippen LogP) is 2.60. The quantitative estimate of drug-likeness (QED) is 0.912. The fourth-order valence-electron chi connectivity index (χ4n) is 1.33. The van der Waals surface area contributed by atoms with E-state index in [-0.39, 0.29) is 6.61 Å². The molecule has 2 N–H and O–H groups in total. The van der Waals surface area contributed by atoms with E-state index in [1.165, 1.54) is 0 Å². The number of aromatic amines is 1. The Hall–Kier alpha value is -1.82. The molecule has 5 nitrogen and oxygen atoms in total. The Bertz CT molecular complexity index is 497. The third kappa shape index (κ3) is 3.89. The van der Waals surface area contributed by atoms with Gasteiger partial charge in [0.1, 0.15) is 6.61 Å². The Morgan fingerprint density at radius 3 is 2.83 bits per heavy atom. The molecule has 2 aromatic rings. The number of aromatic nitrogens is 2. The van der Waals surface area contributed by atoms with Gasteiger partial charge in [0.25, 0.3) is 0 Å². The number of imidazole rings is 1. The standard InChI is InChI=1S/C12H12BrN3O2/c13-10-3-1-9(2-4-10)5-15-12(17)18-7-11-6-14-8-16-11/h1-4,6,8H,5,7H2,(H,14,16)(H,15,17). The van der Waals surface area contributed by atoms with E-state index in [4.69, 9.17) is 4.74 Å². The van der Waals surface area contributed by atoms with Crippen molar-refractivity contribution in [2.75, 3.05) is 0 Å². The largest absolute Gasteiger partial charge is 0.443 e. The number of ether oxygens (including phenoxy) is 1. The van der Waals surface area contributed by atoms with Crippen LogP contribution in [0.1, 0.15) is 11.3 Å². The first-order valence-corrected chi connectivity index (χ1v) is 6.15. The Morgan fingerprint density at radius 1 is 1.39 bits per heavy atom. The van der Waals surface area contributed by atoms with E-state index >= 15 is 0 Å². The molecule has 0 bridgehead atoms. The van der Waals surface area contributed by atoms with Gasteiger partial charge in [-0.1, -0.05) is 28.1 Å². The smallest absolute Gasteiger partial charge is 0.407 e. The normalized spacial score (nSPS) is 10.1. The lowest BCUT2D eigenvalue weighted by Crippen LogP contribution is -2.23. The van der Waals surface area contributed by atoms with Crippen molar-refractivity contribution in [1.82, 2.24) is 15.3 Å². The summed E-state index contributed by atoms with van der Waals surface area (Å²) in [5.41, 5.74) is 1.77. The first-order chi connectivity index (χ1) is 8.74. The van der Waals surface area contributed by atoms with Crippen molar-refractivity contribution in [3.63, 3.8) is 0 Å². The number of amides is 1. The van der Waals surface area contributed by atoms with Crippen LogP contribution in [0.4, 0.5) is 4.79 Å². The minimum Gasteiger partial charge on any atom is -0.443 e. The summed E-state index contributed by atoms with van der Waals surface area (Å²) in [6.07, 6.45) is 2.70. The van der Waals surface area contributed by atoms with E-state index in [1.54, 1.807) is 12.5 Å². The fourth-order valence-corrected chi connectivity index (χ4v) is 1.60. The number of alkyl carbamates (subject to hydrolysis) is 1. The summed E-state index contributed by atoms with van der Waals surface area (Å²) in [6, 6.07) is 7.71. The van der Waals surface area contributed by atoms with Crippen LogP contribution < -0.4 is 5.32 Å². The number of nitrogens with one attached hydrogen (secondary N) is 2. The summed E-state index contributed by atoms with van der Waals surface area (Å²) >= 11 is 3.35. The van der Waals surface area contributed by atoms with Crippen molar-refractivity contribution < 1.29 is 9.53 Å². The number of rotatable bonds is 4. The van der Waals surface area contributed by atoms with Gasteiger partial charge >= 0.3 is 6.09 Å². The summed E-state index contributed by atoms with van der Waals surface area (Å²) in [5.74, 6) is 0. The fraction of sp³-hybridized carbons (Fsp3) is 0.167. The van der Waals surface area contributed by atoms with E-state index in [2.05, 4.69) is 31.2 Å². The van der Waals surface area contributed by atoms with Gasteiger partial charge in [-0.2, -0.15) is 0 Å². The summed E-state index contributed by atoms with van der Waals surface area (Å²) in [5, 5.41) is 2.67. The molecule has 0 atom stereocenters. The lowest BCUT2D eigenvalue weighted by Gasteiger charge is -2.06. The molecule has 1 aromatic carbocycles. The maximum atomic E-state index is 11.4. The number of H-pyrrole nitrogens is 1. The molecular weight excluding hydrogens is 298 g/mol. The molecule has 0 fully saturated rings. The first-order valence-electron chi connectivity index (χ1n) is 5.36. The monoisotopic (exact) mass is 309 g/mol. The van der Waals surface area contributed by atoms with Gasteiger partial charge in [-0.25, -0.2) is 9.78 Å². The Morgan fingerprint density at radius 2 is 2.17 bits per heavy atom. The third-order valence-corrected chi connectivity index (χ3v) is 2.79. The zero-order chi connectivity index (χ0) is 12.8. The molecule has 1 aromatic heterocycles. The molecule has 18 heavy (non-hydrogen) atoms. The van der Waals surface area contributed by atoms with Crippen LogP contribution in [0, 0.1) is 0 Å². The van der Waals surface area contributed by atoms with E-state index in [0.29, 0.717) is 6.54 Å². The molecule has 0 aliphatic heterocycles. The molecule has 6 heteroatoms. The van der Waals surface area contributed by atoms with Crippen LogP contribution in [0.3, 0.4) is 0 Å². The molecule has 2 rings (SSSR count).